The van der Waals surface area contributed by atoms with Crippen molar-refractivity contribution >= 4 is 15.6 Å². The summed E-state index contributed by atoms with van der Waals surface area (Å²) in [5.41, 5.74) is -4.14. The third kappa shape index (κ3) is 3.95. The number of hydrogen-bond donors (Lipinski definition) is 1. The second-order valence-corrected chi connectivity index (χ2v) is 4.65. The monoisotopic (exact) mass is 281 g/mol. The molecule has 1 rings (SSSR count). The molecule has 2 nitrogen and oxygen atoms in total. The van der Waals surface area contributed by atoms with Crippen molar-refractivity contribution in [2.24, 2.45) is 0 Å². The minimum atomic E-state index is -3.29. The normalized spacial score (nSPS) is 12.3. The Hall–Kier alpha value is -1.16. The van der Waals surface area contributed by atoms with Gasteiger partial charge in [-0.1, -0.05) is 9.24 Å². The highest BCUT2D eigenvalue weighted by atomic mass is 31.0. The van der Waals surface area contributed by atoms with Gasteiger partial charge in [0, 0.05) is 24.6 Å². The Kier molecular flexibility index (Phi) is 4.32. The Morgan fingerprint density at radius 2 is 1.78 bits per heavy atom. The first-order valence-corrected chi connectivity index (χ1v) is 5.59. The van der Waals surface area contributed by atoms with Crippen LogP contribution in [0.2, 0.25) is 0 Å². The van der Waals surface area contributed by atoms with Crippen LogP contribution in [0.25, 0.3) is 0 Å². The molecule has 0 aliphatic rings. The van der Waals surface area contributed by atoms with Crippen LogP contribution in [0.3, 0.4) is 0 Å². The number of nitrogens with one attached hydrogen (secondary N) is 1. The highest BCUT2D eigenvalue weighted by Crippen LogP contribution is 2.38. The Morgan fingerprint density at radius 1 is 1.22 bits per heavy atom. The molecule has 0 saturated heterocycles. The third-order valence-corrected chi connectivity index (χ3v) is 2.61. The molecule has 1 unspecified atom stereocenters. The summed E-state index contributed by atoms with van der Waals surface area (Å²) in [4.78, 5) is 10.1. The van der Waals surface area contributed by atoms with Crippen LogP contribution >= 0.6 is 9.24 Å². The number of amides is 1. The summed E-state index contributed by atoms with van der Waals surface area (Å²) in [6.45, 7) is 0.547. The second-order valence-electron chi connectivity index (χ2n) is 3.93. The number of rotatable bonds is 5. The van der Waals surface area contributed by atoms with E-state index in [1.165, 1.54) is 9.24 Å². The molecule has 1 aromatic carbocycles. The van der Waals surface area contributed by atoms with E-state index in [4.69, 9.17) is 0 Å². The number of carbonyl (C=O) groups excluding carboxylic acids is 1. The number of halogens is 4. The van der Waals surface area contributed by atoms with E-state index in [2.05, 4.69) is 5.32 Å². The summed E-state index contributed by atoms with van der Waals surface area (Å²) in [5.74, 6) is -3.22. The molecule has 1 N–H and O–H groups in total. The van der Waals surface area contributed by atoms with Gasteiger partial charge in [0.05, 0.1) is 0 Å². The lowest BCUT2D eigenvalue weighted by Gasteiger charge is -2.17. The van der Waals surface area contributed by atoms with E-state index in [9.17, 15) is 22.4 Å². The molecular formula is C11H12F4NOP. The van der Waals surface area contributed by atoms with Crippen molar-refractivity contribution in [3.05, 3.63) is 34.9 Å². The molecule has 0 radical (unpaired) electrons. The van der Waals surface area contributed by atoms with Crippen LogP contribution in [-0.2, 0) is 22.9 Å². The second kappa shape index (κ2) is 5.22. The fraction of sp³-hybridized carbons (Fsp3) is 0.364. The topological polar surface area (TPSA) is 29.1 Å². The van der Waals surface area contributed by atoms with Gasteiger partial charge >= 0.3 is 0 Å². The zero-order chi connectivity index (χ0) is 14.0. The maximum atomic E-state index is 13.2. The zero-order valence-electron chi connectivity index (χ0n) is 9.51. The Labute approximate surface area is 104 Å². The SMILES string of the molecule is CC(F)(F)c1cc(CNC=O)cc(C(F)(F)P)c1. The summed E-state index contributed by atoms with van der Waals surface area (Å²) >= 11 is 0. The van der Waals surface area contributed by atoms with Gasteiger partial charge < -0.3 is 5.32 Å². The van der Waals surface area contributed by atoms with Crippen LogP contribution in [-0.4, -0.2) is 6.41 Å². The van der Waals surface area contributed by atoms with Gasteiger partial charge in [-0.3, -0.25) is 4.79 Å². The minimum absolute atomic E-state index is 0.0822. The molecule has 0 aliphatic heterocycles. The maximum Gasteiger partial charge on any atom is 0.283 e. The van der Waals surface area contributed by atoms with Crippen molar-refractivity contribution in [1.82, 2.24) is 5.32 Å². The quantitative estimate of drug-likeness (QED) is 0.502. The molecule has 0 aromatic heterocycles. The van der Waals surface area contributed by atoms with Crippen molar-refractivity contribution in [2.75, 3.05) is 0 Å². The van der Waals surface area contributed by atoms with Gasteiger partial charge in [0.15, 0.2) is 0 Å². The Morgan fingerprint density at radius 3 is 2.22 bits per heavy atom. The van der Waals surface area contributed by atoms with Crippen molar-refractivity contribution < 1.29 is 22.4 Å². The smallest absolute Gasteiger partial charge is 0.283 e. The van der Waals surface area contributed by atoms with Crippen LogP contribution in [0.4, 0.5) is 17.6 Å². The fourth-order valence-corrected chi connectivity index (χ4v) is 1.57. The van der Waals surface area contributed by atoms with Crippen molar-refractivity contribution in [3.8, 4) is 0 Å². The van der Waals surface area contributed by atoms with Crippen molar-refractivity contribution in [1.29, 1.82) is 0 Å². The molecule has 0 heterocycles. The lowest BCUT2D eigenvalue weighted by molar-refractivity contribution is -0.109. The van der Waals surface area contributed by atoms with Crippen LogP contribution in [0.1, 0.15) is 23.6 Å². The van der Waals surface area contributed by atoms with E-state index in [-0.39, 0.29) is 12.1 Å². The average molecular weight is 281 g/mol. The first-order chi connectivity index (χ1) is 8.14. The minimum Gasteiger partial charge on any atom is -0.355 e. The summed E-state index contributed by atoms with van der Waals surface area (Å²) < 4.78 is 52.7. The first kappa shape index (κ1) is 14.9. The molecule has 100 valence electrons. The number of carbonyl (C=O) groups is 1. The Balaban J connectivity index is 3.24. The van der Waals surface area contributed by atoms with E-state index in [0.717, 1.165) is 18.2 Å². The van der Waals surface area contributed by atoms with Gasteiger partial charge in [0.25, 0.3) is 11.6 Å². The molecule has 18 heavy (non-hydrogen) atoms. The molecule has 0 bridgehead atoms. The molecular weight excluding hydrogens is 269 g/mol. The summed E-state index contributed by atoms with van der Waals surface area (Å²) in [7, 11) is 1.30. The van der Waals surface area contributed by atoms with Gasteiger partial charge in [-0.05, 0) is 23.8 Å². The summed E-state index contributed by atoms with van der Waals surface area (Å²) in [5, 5.41) is 2.24. The van der Waals surface area contributed by atoms with Crippen LogP contribution < -0.4 is 5.32 Å². The molecule has 1 amide bonds. The van der Waals surface area contributed by atoms with E-state index in [0.29, 0.717) is 13.3 Å². The lowest BCUT2D eigenvalue weighted by Crippen LogP contribution is -2.15. The molecule has 0 saturated carbocycles. The highest BCUT2D eigenvalue weighted by Gasteiger charge is 2.30. The summed E-state index contributed by atoms with van der Waals surface area (Å²) in [6, 6.07) is 2.94. The lowest BCUT2D eigenvalue weighted by atomic mass is 10.0. The Bertz CT molecular complexity index is 407. The van der Waals surface area contributed by atoms with E-state index < -0.39 is 22.7 Å². The first-order valence-electron chi connectivity index (χ1n) is 5.01. The van der Waals surface area contributed by atoms with Crippen LogP contribution in [0.5, 0.6) is 0 Å². The fourth-order valence-electron chi connectivity index (χ4n) is 1.40. The van der Waals surface area contributed by atoms with Gasteiger partial charge in [-0.15, -0.1) is 0 Å². The number of benzene rings is 1. The van der Waals surface area contributed by atoms with E-state index in [1.54, 1.807) is 0 Å². The van der Waals surface area contributed by atoms with Crippen LogP contribution in [0, 0.1) is 0 Å². The average Bonchev–Trinajstić information content (AvgIpc) is 2.23. The van der Waals surface area contributed by atoms with Gasteiger partial charge in [0.1, 0.15) is 0 Å². The standard InChI is InChI=1S/C11H12F4NOP/c1-10(12,13)8-2-7(5-16-6-17)3-9(4-8)11(14,15)18/h2-4,6H,5,18H2,1H3,(H,16,17). The number of hydrogen-bond acceptors (Lipinski definition) is 1. The zero-order valence-corrected chi connectivity index (χ0v) is 10.7. The molecule has 1 aromatic rings. The molecule has 0 aliphatic carbocycles. The largest absolute Gasteiger partial charge is 0.355 e. The molecule has 1 atom stereocenters. The van der Waals surface area contributed by atoms with Crippen molar-refractivity contribution in [3.63, 3.8) is 0 Å². The molecule has 0 spiro atoms. The highest BCUT2D eigenvalue weighted by molar-refractivity contribution is 7.17. The number of alkyl halides is 4. The molecule has 7 heteroatoms. The predicted octanol–water partition coefficient (Wildman–Crippen LogP) is 2.97. The van der Waals surface area contributed by atoms with Crippen molar-refractivity contribution in [2.45, 2.75) is 25.1 Å². The maximum absolute atomic E-state index is 13.2. The summed E-state index contributed by atoms with van der Waals surface area (Å²) in [6.07, 6.45) is 0.370. The van der Waals surface area contributed by atoms with Gasteiger partial charge in [0.2, 0.25) is 6.41 Å². The van der Waals surface area contributed by atoms with Crippen LogP contribution in [0.15, 0.2) is 18.2 Å². The van der Waals surface area contributed by atoms with Gasteiger partial charge in [-0.2, -0.15) is 8.78 Å². The molecule has 0 fully saturated rings. The van der Waals surface area contributed by atoms with Gasteiger partial charge in [-0.25, -0.2) is 8.78 Å². The predicted molar refractivity (Wildman–Crippen MR) is 62.5 cm³/mol. The third-order valence-electron chi connectivity index (χ3n) is 2.27. The van der Waals surface area contributed by atoms with E-state index >= 15 is 0 Å². The van der Waals surface area contributed by atoms with E-state index in [1.807, 2.05) is 0 Å².